The van der Waals surface area contributed by atoms with Crippen LogP contribution in [0.3, 0.4) is 0 Å². The Bertz CT molecular complexity index is 744. The quantitative estimate of drug-likeness (QED) is 0.926. The molecule has 0 spiro atoms. The Balaban J connectivity index is 1.98. The Morgan fingerprint density at radius 1 is 1.23 bits per heavy atom. The van der Waals surface area contributed by atoms with Crippen LogP contribution >= 0.6 is 0 Å². The van der Waals surface area contributed by atoms with Crippen molar-refractivity contribution in [3.8, 4) is 6.07 Å². The molecule has 6 heteroatoms. The first-order chi connectivity index (χ1) is 10.6. The van der Waals surface area contributed by atoms with Crippen molar-refractivity contribution in [2.75, 3.05) is 11.4 Å². The number of anilines is 1. The van der Waals surface area contributed by atoms with Crippen molar-refractivity contribution < 1.29 is 13.9 Å². The van der Waals surface area contributed by atoms with E-state index in [2.05, 4.69) is 4.98 Å². The van der Waals surface area contributed by atoms with E-state index in [1.807, 2.05) is 6.07 Å². The van der Waals surface area contributed by atoms with Gasteiger partial charge in [-0.1, -0.05) is 6.07 Å². The van der Waals surface area contributed by atoms with Crippen LogP contribution in [0.1, 0.15) is 23.6 Å². The van der Waals surface area contributed by atoms with E-state index >= 15 is 0 Å². The molecule has 4 nitrogen and oxygen atoms in total. The monoisotopic (exact) mass is 301 g/mol. The molecular formula is C16H13F2N3O. The summed E-state index contributed by atoms with van der Waals surface area (Å²) in [4.78, 5) is 6.02. The highest BCUT2D eigenvalue weighted by Crippen LogP contribution is 2.36. The van der Waals surface area contributed by atoms with Gasteiger partial charge in [0.25, 0.3) is 0 Å². The van der Waals surface area contributed by atoms with Crippen LogP contribution in [0.4, 0.5) is 14.6 Å². The number of benzene rings is 1. The molecule has 1 aliphatic heterocycles. The minimum Gasteiger partial charge on any atom is -0.391 e. The SMILES string of the molecule is N#Cc1ccnc(N2C[C@H](O)C[C@@H]2c2ccc(F)c(F)c2)c1. The Morgan fingerprint density at radius 3 is 2.77 bits per heavy atom. The molecule has 112 valence electrons. The second-order valence-electron chi connectivity index (χ2n) is 5.25. The summed E-state index contributed by atoms with van der Waals surface area (Å²) in [5.74, 6) is -1.29. The molecule has 3 rings (SSSR count). The molecule has 1 saturated heterocycles. The summed E-state index contributed by atoms with van der Waals surface area (Å²) in [7, 11) is 0. The van der Waals surface area contributed by atoms with Gasteiger partial charge in [0.15, 0.2) is 11.6 Å². The van der Waals surface area contributed by atoms with E-state index in [0.29, 0.717) is 29.9 Å². The summed E-state index contributed by atoms with van der Waals surface area (Å²) in [5.41, 5.74) is 1.02. The summed E-state index contributed by atoms with van der Waals surface area (Å²) >= 11 is 0. The van der Waals surface area contributed by atoms with Gasteiger partial charge in [0.1, 0.15) is 5.82 Å². The van der Waals surface area contributed by atoms with Gasteiger partial charge >= 0.3 is 0 Å². The second kappa shape index (κ2) is 5.70. The van der Waals surface area contributed by atoms with Crippen molar-refractivity contribution in [2.45, 2.75) is 18.6 Å². The van der Waals surface area contributed by atoms with Crippen molar-refractivity contribution in [3.63, 3.8) is 0 Å². The third-order valence-corrected chi connectivity index (χ3v) is 3.78. The van der Waals surface area contributed by atoms with Crippen molar-refractivity contribution in [1.29, 1.82) is 5.26 Å². The predicted molar refractivity (Wildman–Crippen MR) is 76.0 cm³/mol. The van der Waals surface area contributed by atoms with Gasteiger partial charge in [-0.15, -0.1) is 0 Å². The van der Waals surface area contributed by atoms with Gasteiger partial charge in [-0.05, 0) is 36.2 Å². The maximum atomic E-state index is 13.5. The van der Waals surface area contributed by atoms with Gasteiger partial charge in [0, 0.05) is 12.7 Å². The van der Waals surface area contributed by atoms with Gasteiger partial charge < -0.3 is 10.0 Å². The van der Waals surface area contributed by atoms with E-state index in [4.69, 9.17) is 5.26 Å². The molecule has 0 bridgehead atoms. The standard InChI is InChI=1S/C16H13F2N3O/c17-13-2-1-11(6-14(13)18)15-7-12(22)9-21(15)16-5-10(8-19)3-4-20-16/h1-6,12,15,22H,7,9H2/t12-,15-/m1/s1. The van der Waals surface area contributed by atoms with Crippen LogP contribution in [0.5, 0.6) is 0 Å². The number of nitriles is 1. The van der Waals surface area contributed by atoms with Crippen LogP contribution < -0.4 is 4.90 Å². The number of hydrogen-bond donors (Lipinski definition) is 1. The highest BCUT2D eigenvalue weighted by Gasteiger charge is 2.33. The molecule has 1 N–H and O–H groups in total. The number of aliphatic hydroxyl groups is 1. The molecule has 0 radical (unpaired) electrons. The Hall–Kier alpha value is -2.52. The Labute approximate surface area is 126 Å². The second-order valence-corrected chi connectivity index (χ2v) is 5.25. The van der Waals surface area contributed by atoms with E-state index < -0.39 is 17.7 Å². The number of halogens is 2. The molecule has 0 aliphatic carbocycles. The third kappa shape index (κ3) is 2.63. The lowest BCUT2D eigenvalue weighted by atomic mass is 10.0. The number of pyridine rings is 1. The van der Waals surface area contributed by atoms with Gasteiger partial charge in [0.05, 0.1) is 23.8 Å². The summed E-state index contributed by atoms with van der Waals surface area (Å²) < 4.78 is 26.6. The zero-order valence-electron chi connectivity index (χ0n) is 11.6. The minimum atomic E-state index is -0.919. The number of aliphatic hydroxyl groups excluding tert-OH is 1. The highest BCUT2D eigenvalue weighted by molar-refractivity contribution is 5.49. The lowest BCUT2D eigenvalue weighted by molar-refractivity contribution is 0.194. The summed E-state index contributed by atoms with van der Waals surface area (Å²) in [5, 5.41) is 18.9. The normalized spacial score (nSPS) is 20.9. The fraction of sp³-hybridized carbons (Fsp3) is 0.250. The number of β-amino-alcohol motifs (C(OH)–C–C–N with tert-alkyl or cyclic N) is 1. The molecule has 2 heterocycles. The van der Waals surface area contributed by atoms with Gasteiger partial charge in [0.2, 0.25) is 0 Å². The molecule has 0 amide bonds. The smallest absolute Gasteiger partial charge is 0.159 e. The molecular weight excluding hydrogens is 288 g/mol. The fourth-order valence-electron chi connectivity index (χ4n) is 2.75. The Morgan fingerprint density at radius 2 is 2.05 bits per heavy atom. The predicted octanol–water partition coefficient (Wildman–Crippen LogP) is 2.54. The molecule has 0 saturated carbocycles. The molecule has 1 aliphatic rings. The van der Waals surface area contributed by atoms with Gasteiger partial charge in [-0.25, -0.2) is 13.8 Å². The maximum absolute atomic E-state index is 13.5. The van der Waals surface area contributed by atoms with E-state index in [-0.39, 0.29) is 6.04 Å². The molecule has 1 aromatic heterocycles. The van der Waals surface area contributed by atoms with E-state index in [9.17, 15) is 13.9 Å². The maximum Gasteiger partial charge on any atom is 0.159 e. The van der Waals surface area contributed by atoms with E-state index in [1.54, 1.807) is 17.0 Å². The van der Waals surface area contributed by atoms with Crippen molar-refractivity contribution in [2.24, 2.45) is 0 Å². The number of aromatic nitrogens is 1. The molecule has 1 aromatic carbocycles. The summed E-state index contributed by atoms with van der Waals surface area (Å²) in [6.07, 6.45) is 1.32. The first kappa shape index (κ1) is 14.4. The Kier molecular flexibility index (Phi) is 3.73. The van der Waals surface area contributed by atoms with Crippen LogP contribution in [-0.4, -0.2) is 22.7 Å². The highest BCUT2D eigenvalue weighted by atomic mass is 19.2. The first-order valence-electron chi connectivity index (χ1n) is 6.84. The van der Waals surface area contributed by atoms with E-state index in [1.165, 1.54) is 12.3 Å². The fourth-order valence-corrected chi connectivity index (χ4v) is 2.75. The zero-order chi connectivity index (χ0) is 15.7. The number of nitrogens with zero attached hydrogens (tertiary/aromatic N) is 3. The first-order valence-corrected chi connectivity index (χ1v) is 6.84. The summed E-state index contributed by atoms with van der Waals surface area (Å²) in [6.45, 7) is 0.325. The average molecular weight is 301 g/mol. The molecule has 2 atom stereocenters. The van der Waals surface area contributed by atoms with Crippen molar-refractivity contribution in [1.82, 2.24) is 4.98 Å². The largest absolute Gasteiger partial charge is 0.391 e. The lowest BCUT2D eigenvalue weighted by Gasteiger charge is -2.25. The zero-order valence-corrected chi connectivity index (χ0v) is 11.6. The molecule has 22 heavy (non-hydrogen) atoms. The third-order valence-electron chi connectivity index (χ3n) is 3.78. The molecule has 2 aromatic rings. The lowest BCUT2D eigenvalue weighted by Crippen LogP contribution is -2.25. The molecule has 1 fully saturated rings. The van der Waals surface area contributed by atoms with E-state index in [0.717, 1.165) is 12.1 Å². The van der Waals surface area contributed by atoms with Gasteiger partial charge in [-0.2, -0.15) is 5.26 Å². The number of rotatable bonds is 2. The van der Waals surface area contributed by atoms with Crippen molar-refractivity contribution in [3.05, 3.63) is 59.3 Å². The summed E-state index contributed by atoms with van der Waals surface area (Å²) in [6, 6.07) is 8.64. The topological polar surface area (TPSA) is 60.2 Å². The number of hydrogen-bond acceptors (Lipinski definition) is 4. The molecule has 0 unspecified atom stereocenters. The average Bonchev–Trinajstić information content (AvgIpc) is 2.92. The van der Waals surface area contributed by atoms with Crippen LogP contribution in [0.2, 0.25) is 0 Å². The van der Waals surface area contributed by atoms with Crippen molar-refractivity contribution >= 4 is 5.82 Å². The van der Waals surface area contributed by atoms with Gasteiger partial charge in [-0.3, -0.25) is 0 Å². The minimum absolute atomic E-state index is 0.313. The van der Waals surface area contributed by atoms with Crippen LogP contribution in [0, 0.1) is 23.0 Å². The van der Waals surface area contributed by atoms with Crippen LogP contribution in [-0.2, 0) is 0 Å². The van der Waals surface area contributed by atoms with Crippen LogP contribution in [0.25, 0.3) is 0 Å². The van der Waals surface area contributed by atoms with Crippen LogP contribution in [0.15, 0.2) is 36.5 Å².